The summed E-state index contributed by atoms with van der Waals surface area (Å²) in [5, 5.41) is 81.5. The van der Waals surface area contributed by atoms with E-state index in [2.05, 4.69) is 0 Å². The molecular weight excluding hydrogens is 632 g/mol. The number of ether oxygens (including phenoxy) is 5. The van der Waals surface area contributed by atoms with Crippen molar-refractivity contribution in [2.45, 2.75) is 74.8 Å². The Labute approximate surface area is 264 Å². The van der Waals surface area contributed by atoms with Crippen LogP contribution in [0.25, 0.3) is 22.3 Å². The first-order chi connectivity index (χ1) is 22.2. The van der Waals surface area contributed by atoms with E-state index in [-0.39, 0.29) is 28.2 Å². The first kappa shape index (κ1) is 34.0. The number of aliphatic carboxylic acids is 1. The van der Waals surface area contributed by atoms with Gasteiger partial charge in [0.05, 0.1) is 6.10 Å². The number of rotatable bonds is 9. The van der Waals surface area contributed by atoms with Crippen molar-refractivity contribution >= 4 is 22.9 Å². The number of carbonyl (C=O) groups is 2. The SMILES string of the molecule is C[C@@H]1O[C@@H](O[C@@H]2[C@@H](Oc3cc(O)c4c(=O)cc(-c5ccc(O)cc5)oc4c3)O[C@@H](COC(=O)CC(=O)O)[C@H](O)[C@H]2O)[C@@H](O)[C@@H](O)[C@H]1O. The highest BCUT2D eigenvalue weighted by molar-refractivity contribution is 5.90. The molecular formula is C30H32O17. The molecule has 47 heavy (non-hydrogen) atoms. The van der Waals surface area contributed by atoms with Gasteiger partial charge in [0.15, 0.2) is 17.8 Å². The molecule has 5 rings (SSSR count). The predicted molar refractivity (Wildman–Crippen MR) is 153 cm³/mol. The summed E-state index contributed by atoms with van der Waals surface area (Å²) in [5.41, 5.74) is -0.351. The second kappa shape index (κ2) is 13.8. The minimum absolute atomic E-state index is 0.0250. The van der Waals surface area contributed by atoms with Crippen LogP contribution in [0.4, 0.5) is 0 Å². The molecule has 2 fully saturated rings. The number of fused-ring (bicyclic) bond motifs is 1. The lowest BCUT2D eigenvalue weighted by atomic mass is 9.97. The summed E-state index contributed by atoms with van der Waals surface area (Å²) in [6.07, 6.45) is -17.5. The summed E-state index contributed by atoms with van der Waals surface area (Å²) in [7, 11) is 0. The Kier molecular flexibility index (Phi) is 9.99. The molecule has 254 valence electrons. The van der Waals surface area contributed by atoms with E-state index in [1.54, 1.807) is 0 Å². The molecule has 0 saturated carbocycles. The van der Waals surface area contributed by atoms with E-state index >= 15 is 0 Å². The second-order valence-electron chi connectivity index (χ2n) is 11.0. The maximum atomic E-state index is 12.9. The predicted octanol–water partition coefficient (Wildman–Crippen LogP) is -1.07. The number of carbonyl (C=O) groups excluding carboxylic acids is 1. The van der Waals surface area contributed by atoms with E-state index in [4.69, 9.17) is 33.2 Å². The van der Waals surface area contributed by atoms with Gasteiger partial charge in [-0.05, 0) is 31.2 Å². The average molecular weight is 665 g/mol. The Morgan fingerprint density at radius 1 is 0.851 bits per heavy atom. The molecule has 3 heterocycles. The summed E-state index contributed by atoms with van der Waals surface area (Å²) in [5.74, 6) is -3.39. The van der Waals surface area contributed by atoms with Gasteiger partial charge in [-0.2, -0.15) is 0 Å². The van der Waals surface area contributed by atoms with Gasteiger partial charge in [0.1, 0.15) is 83.6 Å². The van der Waals surface area contributed by atoms with Gasteiger partial charge < -0.3 is 69.0 Å². The molecule has 17 heteroatoms. The molecule has 2 aliphatic heterocycles. The summed E-state index contributed by atoms with van der Waals surface area (Å²) in [6.45, 7) is 0.640. The van der Waals surface area contributed by atoms with Crippen LogP contribution in [0, 0.1) is 0 Å². The Balaban J connectivity index is 1.47. The van der Waals surface area contributed by atoms with Gasteiger partial charge in [-0.3, -0.25) is 14.4 Å². The topological polar surface area (TPSA) is 272 Å². The zero-order chi connectivity index (χ0) is 34.2. The first-order valence-electron chi connectivity index (χ1n) is 14.2. The minimum atomic E-state index is -1.92. The van der Waals surface area contributed by atoms with Crippen molar-refractivity contribution in [2.24, 2.45) is 0 Å². The lowest BCUT2D eigenvalue weighted by molar-refractivity contribution is -0.354. The van der Waals surface area contributed by atoms with Crippen molar-refractivity contribution < 1.29 is 78.5 Å². The number of benzene rings is 2. The van der Waals surface area contributed by atoms with E-state index in [0.717, 1.165) is 12.1 Å². The Morgan fingerprint density at radius 3 is 2.23 bits per heavy atom. The fourth-order valence-corrected chi connectivity index (χ4v) is 5.13. The van der Waals surface area contributed by atoms with Crippen LogP contribution in [0.2, 0.25) is 0 Å². The molecule has 17 nitrogen and oxygen atoms in total. The maximum Gasteiger partial charge on any atom is 0.317 e. The molecule has 3 aromatic rings. The van der Waals surface area contributed by atoms with Crippen LogP contribution in [0.3, 0.4) is 0 Å². The molecule has 2 aromatic carbocycles. The van der Waals surface area contributed by atoms with Crippen molar-refractivity contribution in [1.29, 1.82) is 0 Å². The van der Waals surface area contributed by atoms with Crippen molar-refractivity contribution in [3.63, 3.8) is 0 Å². The Bertz CT molecular complexity index is 1650. The number of carboxylic acid groups (broad SMARTS) is 1. The van der Waals surface area contributed by atoms with E-state index in [0.29, 0.717) is 5.56 Å². The first-order valence-corrected chi connectivity index (χ1v) is 14.2. The quantitative estimate of drug-likeness (QED) is 0.0998. The van der Waals surface area contributed by atoms with E-state index in [9.17, 15) is 50.1 Å². The van der Waals surface area contributed by atoms with Crippen LogP contribution in [-0.2, 0) is 28.5 Å². The molecule has 0 amide bonds. The van der Waals surface area contributed by atoms with Crippen LogP contribution < -0.4 is 10.2 Å². The Morgan fingerprint density at radius 2 is 1.55 bits per heavy atom. The number of esters is 1. The standard InChI is InChI=1S/C30H32O17/c1-11-23(37)25(39)27(41)29(43-11)47-28-26(40)24(38)19(10-42-21(36)9-20(34)35)46-30(28)44-14-6-15(32)22-16(33)8-17(45-18(22)7-14)12-2-4-13(31)5-3-12/h2-8,11,19,23-32,37-41H,9-10H2,1H3,(H,34,35)/t11-,19-,23-,24-,25-,26+,27-,28-,29-,30-/m0/s1. The van der Waals surface area contributed by atoms with Crippen LogP contribution in [0.15, 0.2) is 51.7 Å². The number of hydrogen-bond donors (Lipinski definition) is 8. The molecule has 0 spiro atoms. The third-order valence-corrected chi connectivity index (χ3v) is 7.64. The van der Waals surface area contributed by atoms with Crippen molar-refractivity contribution in [3.8, 4) is 28.6 Å². The fourth-order valence-electron chi connectivity index (χ4n) is 5.13. The van der Waals surface area contributed by atoms with Gasteiger partial charge in [0.2, 0.25) is 6.29 Å². The number of hydrogen-bond acceptors (Lipinski definition) is 16. The zero-order valence-corrected chi connectivity index (χ0v) is 24.5. The van der Waals surface area contributed by atoms with Crippen LogP contribution in [0.5, 0.6) is 17.2 Å². The number of aliphatic hydroxyl groups is 5. The fraction of sp³-hybridized carbons (Fsp3) is 0.433. The average Bonchev–Trinajstić information content (AvgIpc) is 3.01. The molecule has 1 aromatic heterocycles. The van der Waals surface area contributed by atoms with Gasteiger partial charge in [0.25, 0.3) is 0 Å². The molecule has 2 saturated heterocycles. The number of phenols is 2. The lowest BCUT2D eigenvalue weighted by Gasteiger charge is -2.45. The molecule has 0 bridgehead atoms. The van der Waals surface area contributed by atoms with Crippen molar-refractivity contribution in [3.05, 3.63) is 52.7 Å². The third kappa shape index (κ3) is 7.32. The molecule has 2 aliphatic rings. The van der Waals surface area contributed by atoms with Gasteiger partial charge in [-0.15, -0.1) is 0 Å². The van der Waals surface area contributed by atoms with E-state index in [1.807, 2.05) is 0 Å². The molecule has 8 N–H and O–H groups in total. The molecule has 0 aliphatic carbocycles. The maximum absolute atomic E-state index is 12.9. The van der Waals surface area contributed by atoms with Gasteiger partial charge in [-0.25, -0.2) is 0 Å². The third-order valence-electron chi connectivity index (χ3n) is 7.64. The van der Waals surface area contributed by atoms with Crippen molar-refractivity contribution in [1.82, 2.24) is 0 Å². The summed E-state index contributed by atoms with van der Waals surface area (Å²) < 4.78 is 33.5. The molecule has 10 atom stereocenters. The number of carboxylic acids is 1. The summed E-state index contributed by atoms with van der Waals surface area (Å²) >= 11 is 0. The minimum Gasteiger partial charge on any atom is -0.508 e. The van der Waals surface area contributed by atoms with Crippen LogP contribution in [-0.4, -0.2) is 121 Å². The second-order valence-corrected chi connectivity index (χ2v) is 11.0. The van der Waals surface area contributed by atoms with E-state index < -0.39 is 97.6 Å². The van der Waals surface area contributed by atoms with Crippen LogP contribution >= 0.6 is 0 Å². The number of aromatic hydroxyl groups is 2. The molecule has 0 radical (unpaired) electrons. The number of aliphatic hydroxyl groups excluding tert-OH is 5. The largest absolute Gasteiger partial charge is 0.508 e. The monoisotopic (exact) mass is 664 g/mol. The normalized spacial score (nSPS) is 30.9. The molecule has 0 unspecified atom stereocenters. The zero-order valence-electron chi connectivity index (χ0n) is 24.5. The highest BCUT2D eigenvalue weighted by Gasteiger charge is 2.51. The van der Waals surface area contributed by atoms with Crippen molar-refractivity contribution in [2.75, 3.05) is 6.61 Å². The van der Waals surface area contributed by atoms with Gasteiger partial charge in [0, 0.05) is 23.8 Å². The highest BCUT2D eigenvalue weighted by atomic mass is 16.8. The summed E-state index contributed by atoms with van der Waals surface area (Å²) in [6, 6.07) is 9.10. The summed E-state index contributed by atoms with van der Waals surface area (Å²) in [4.78, 5) is 35.5. The Hall–Kier alpha value is -4.33. The number of phenolic OH excluding ortho intramolecular Hbond substituents is 2. The van der Waals surface area contributed by atoms with Crippen LogP contribution in [0.1, 0.15) is 13.3 Å². The van der Waals surface area contributed by atoms with E-state index in [1.165, 1.54) is 37.3 Å². The smallest absolute Gasteiger partial charge is 0.317 e. The van der Waals surface area contributed by atoms with Gasteiger partial charge >= 0.3 is 11.9 Å². The lowest BCUT2D eigenvalue weighted by Crippen LogP contribution is -2.64. The highest BCUT2D eigenvalue weighted by Crippen LogP contribution is 2.35. The van der Waals surface area contributed by atoms with Gasteiger partial charge in [-0.1, -0.05) is 0 Å².